The van der Waals surface area contributed by atoms with Gasteiger partial charge >= 0.3 is 5.97 Å². The zero-order valence-corrected chi connectivity index (χ0v) is 33.5. The van der Waals surface area contributed by atoms with Crippen LogP contribution in [0.4, 0.5) is 0 Å². The molecule has 0 bridgehead atoms. The summed E-state index contributed by atoms with van der Waals surface area (Å²) < 4.78 is 0. The van der Waals surface area contributed by atoms with Crippen LogP contribution >= 0.6 is 11.8 Å². The first-order valence-corrected chi connectivity index (χ1v) is 20.3. The number of nitrogens with one attached hydrogen (secondary N) is 6. The fourth-order valence-corrected chi connectivity index (χ4v) is 6.86. The minimum atomic E-state index is -1.27. The summed E-state index contributed by atoms with van der Waals surface area (Å²) in [6.07, 6.45) is 6.37. The molecule has 1 aromatic carbocycles. The van der Waals surface area contributed by atoms with Gasteiger partial charge in [-0.3, -0.25) is 28.8 Å². The van der Waals surface area contributed by atoms with Crippen molar-refractivity contribution in [3.63, 3.8) is 0 Å². The fraction of sp³-hybridized carbons (Fsp3) is 0.579. The molecule has 7 atom stereocenters. The number of aliphatic carboxylic acids is 1. The third kappa shape index (κ3) is 13.4. The Kier molecular flexibility index (Phi) is 18.3. The Morgan fingerprint density at radius 1 is 0.911 bits per heavy atom. The van der Waals surface area contributed by atoms with Gasteiger partial charge in [-0.25, -0.2) is 9.78 Å². The average Bonchev–Trinajstić information content (AvgIpc) is 3.89. The van der Waals surface area contributed by atoms with Crippen molar-refractivity contribution < 1.29 is 38.7 Å². The van der Waals surface area contributed by atoms with Gasteiger partial charge in [0.2, 0.25) is 35.4 Å². The zero-order valence-electron chi connectivity index (χ0n) is 32.7. The van der Waals surface area contributed by atoms with E-state index in [1.165, 1.54) is 29.2 Å². The number of thioether (sulfide) groups is 1. The Bertz CT molecular complexity index is 1630. The van der Waals surface area contributed by atoms with Crippen molar-refractivity contribution in [2.75, 3.05) is 25.1 Å². The maximum Gasteiger partial charge on any atom is 0.326 e. The van der Waals surface area contributed by atoms with E-state index in [4.69, 9.17) is 5.73 Å². The monoisotopic (exact) mass is 799 g/mol. The standard InChI is InChI=1S/C38H57N9O8S/c1-6-23(4)32(46-33(49)26(14-16-56-5)42-30(48)19-39)36(52)45-31(22(2)3)35(51)43-27(17-24-11-8-7-9-12-24)37(53)47-15-10-13-29(47)34(50)44-28(38(54)55)18-25-20-40-21-41-25/h7-9,11-12,20-23,26-29,31-32H,6,10,13-19,39H2,1-5H3,(H,40,41)(H,42,48)(H,43,51)(H,44,50)(H,45,52)(H,46,49)(H,54,55)/t23-,26-,27-,28-,29-,31-,32-/m0/s1. The highest BCUT2D eigenvalue weighted by molar-refractivity contribution is 7.98. The lowest BCUT2D eigenvalue weighted by Gasteiger charge is -2.32. The van der Waals surface area contributed by atoms with Crippen LogP contribution in [0, 0.1) is 11.8 Å². The Hall–Kier alpha value is -4.97. The van der Waals surface area contributed by atoms with E-state index in [0.717, 1.165) is 5.56 Å². The zero-order chi connectivity index (χ0) is 41.4. The highest BCUT2D eigenvalue weighted by Crippen LogP contribution is 2.21. The average molecular weight is 800 g/mol. The number of rotatable bonds is 22. The number of H-pyrrole nitrogens is 1. The molecular weight excluding hydrogens is 743 g/mol. The van der Waals surface area contributed by atoms with Crippen molar-refractivity contribution in [1.82, 2.24) is 41.5 Å². The molecule has 2 aromatic rings. The summed E-state index contributed by atoms with van der Waals surface area (Å²) >= 11 is 1.50. The Balaban J connectivity index is 1.83. The maximum atomic E-state index is 14.3. The molecule has 0 spiro atoms. The molecule has 1 aromatic heterocycles. The number of hydrogen-bond donors (Lipinski definition) is 8. The molecule has 18 heteroatoms. The first kappa shape index (κ1) is 45.4. The lowest BCUT2D eigenvalue weighted by atomic mass is 9.95. The number of carbonyl (C=O) groups is 7. The predicted molar refractivity (Wildman–Crippen MR) is 211 cm³/mol. The van der Waals surface area contributed by atoms with Crippen molar-refractivity contribution in [3.05, 3.63) is 54.1 Å². The number of carboxylic acid groups (broad SMARTS) is 1. The smallest absolute Gasteiger partial charge is 0.326 e. The summed E-state index contributed by atoms with van der Waals surface area (Å²) in [6.45, 7) is 7.02. The van der Waals surface area contributed by atoms with Gasteiger partial charge in [0.15, 0.2) is 0 Å². The highest BCUT2D eigenvalue weighted by atomic mass is 32.2. The first-order valence-electron chi connectivity index (χ1n) is 18.9. The number of likely N-dealkylation sites (tertiary alicyclic amines) is 1. The Morgan fingerprint density at radius 3 is 2.18 bits per heavy atom. The van der Waals surface area contributed by atoms with Gasteiger partial charge < -0.3 is 47.3 Å². The third-order valence-electron chi connectivity index (χ3n) is 9.82. The van der Waals surface area contributed by atoms with E-state index >= 15 is 0 Å². The van der Waals surface area contributed by atoms with E-state index in [0.29, 0.717) is 37.1 Å². The molecule has 1 aliphatic heterocycles. The van der Waals surface area contributed by atoms with Gasteiger partial charge in [-0.05, 0) is 48.7 Å². The molecule has 3 rings (SSSR count). The van der Waals surface area contributed by atoms with Gasteiger partial charge in [-0.15, -0.1) is 0 Å². The van der Waals surface area contributed by atoms with Gasteiger partial charge in [0.1, 0.15) is 36.3 Å². The molecule has 308 valence electrons. The minimum Gasteiger partial charge on any atom is -0.480 e. The number of aromatic nitrogens is 2. The van der Waals surface area contributed by atoms with Crippen molar-refractivity contribution in [2.24, 2.45) is 17.6 Å². The molecule has 56 heavy (non-hydrogen) atoms. The molecular formula is C38H57N9O8S. The summed E-state index contributed by atoms with van der Waals surface area (Å²) in [5, 5.41) is 23.4. The molecule has 0 radical (unpaired) electrons. The molecule has 0 aliphatic carbocycles. The van der Waals surface area contributed by atoms with Crippen LogP contribution in [-0.2, 0) is 46.4 Å². The first-order chi connectivity index (χ1) is 26.7. The summed E-state index contributed by atoms with van der Waals surface area (Å²) in [5.74, 6) is -4.97. The second-order valence-corrected chi connectivity index (χ2v) is 15.3. The number of aromatic amines is 1. The van der Waals surface area contributed by atoms with Gasteiger partial charge in [0.25, 0.3) is 0 Å². The number of imidazole rings is 1. The van der Waals surface area contributed by atoms with Crippen molar-refractivity contribution in [3.8, 4) is 0 Å². The largest absolute Gasteiger partial charge is 0.480 e. The van der Waals surface area contributed by atoms with Crippen LogP contribution in [-0.4, -0.2) is 123 Å². The molecule has 1 saturated heterocycles. The van der Waals surface area contributed by atoms with Gasteiger partial charge in [-0.1, -0.05) is 64.4 Å². The number of nitrogens with two attached hydrogens (primary N) is 1. The summed E-state index contributed by atoms with van der Waals surface area (Å²) in [5.41, 5.74) is 6.71. The van der Waals surface area contributed by atoms with Crippen molar-refractivity contribution in [2.45, 2.75) is 102 Å². The second-order valence-electron chi connectivity index (χ2n) is 14.3. The van der Waals surface area contributed by atoms with Crippen LogP contribution in [0.25, 0.3) is 0 Å². The summed E-state index contributed by atoms with van der Waals surface area (Å²) in [4.78, 5) is 101. The predicted octanol–water partition coefficient (Wildman–Crippen LogP) is 0.108. The fourth-order valence-electron chi connectivity index (χ4n) is 6.39. The number of nitrogens with zero attached hydrogens (tertiary/aromatic N) is 2. The van der Waals surface area contributed by atoms with Gasteiger partial charge in [-0.2, -0.15) is 11.8 Å². The molecule has 9 N–H and O–H groups in total. The van der Waals surface area contributed by atoms with Crippen LogP contribution in [0.2, 0.25) is 0 Å². The molecule has 1 fully saturated rings. The van der Waals surface area contributed by atoms with E-state index in [1.54, 1.807) is 45.0 Å². The Morgan fingerprint density at radius 2 is 1.59 bits per heavy atom. The lowest BCUT2D eigenvalue weighted by molar-refractivity contribution is -0.145. The molecule has 0 unspecified atom stereocenters. The second kappa shape index (κ2) is 22.6. The van der Waals surface area contributed by atoms with Gasteiger partial charge in [0.05, 0.1) is 12.9 Å². The third-order valence-corrected chi connectivity index (χ3v) is 10.5. The molecule has 17 nitrogen and oxygen atoms in total. The van der Waals surface area contributed by atoms with Crippen LogP contribution < -0.4 is 32.3 Å². The number of carbonyl (C=O) groups excluding carboxylic acids is 6. The maximum absolute atomic E-state index is 14.3. The highest BCUT2D eigenvalue weighted by Gasteiger charge is 2.40. The van der Waals surface area contributed by atoms with Crippen molar-refractivity contribution >= 4 is 53.2 Å². The molecule has 2 heterocycles. The van der Waals surface area contributed by atoms with E-state index in [1.807, 2.05) is 19.2 Å². The topological polar surface area (TPSA) is 258 Å². The van der Waals surface area contributed by atoms with Crippen LogP contribution in [0.3, 0.4) is 0 Å². The van der Waals surface area contributed by atoms with Crippen LogP contribution in [0.1, 0.15) is 64.6 Å². The normalized spacial score (nSPS) is 17.1. The number of benzene rings is 1. The lowest BCUT2D eigenvalue weighted by Crippen LogP contribution is -2.61. The SMILES string of the molecule is CC[C@H](C)[C@H](NC(=O)[C@H](CCSC)NC(=O)CN)C(=O)N[C@H](C(=O)N[C@@H](Cc1ccccc1)C(=O)N1CCC[C@H]1C(=O)N[C@@H](Cc1cnc[nH]1)C(=O)O)C(C)C. The molecule has 0 saturated carbocycles. The Labute approximate surface area is 331 Å². The minimum absolute atomic E-state index is 0.0399. The number of amides is 6. The van der Waals surface area contributed by atoms with Crippen LogP contribution in [0.5, 0.6) is 0 Å². The van der Waals surface area contributed by atoms with Crippen LogP contribution in [0.15, 0.2) is 42.9 Å². The number of carboxylic acids is 1. The quantitative estimate of drug-likeness (QED) is 0.0793. The van der Waals surface area contributed by atoms with E-state index in [-0.39, 0.29) is 31.8 Å². The van der Waals surface area contributed by atoms with E-state index in [9.17, 15) is 38.7 Å². The van der Waals surface area contributed by atoms with E-state index < -0.39 is 83.6 Å². The molecule has 6 amide bonds. The molecule has 1 aliphatic rings. The van der Waals surface area contributed by atoms with Gasteiger partial charge in [0, 0.05) is 31.3 Å². The van der Waals surface area contributed by atoms with E-state index in [2.05, 4.69) is 36.6 Å². The van der Waals surface area contributed by atoms with Crippen molar-refractivity contribution in [1.29, 1.82) is 0 Å². The summed E-state index contributed by atoms with van der Waals surface area (Å²) in [6, 6.07) is 2.51. The summed E-state index contributed by atoms with van der Waals surface area (Å²) in [7, 11) is 0. The number of hydrogen-bond acceptors (Lipinski definition) is 10.